The number of hydrogen-bond acceptors (Lipinski definition) is 2. The lowest BCUT2D eigenvalue weighted by Crippen LogP contribution is -2.15. The van der Waals surface area contributed by atoms with Crippen molar-refractivity contribution in [2.24, 2.45) is 0 Å². The van der Waals surface area contributed by atoms with Gasteiger partial charge in [-0.2, -0.15) is 5.10 Å². The van der Waals surface area contributed by atoms with Crippen molar-refractivity contribution in [2.75, 3.05) is 5.32 Å². The van der Waals surface area contributed by atoms with Gasteiger partial charge in [0, 0.05) is 15.5 Å². The Morgan fingerprint density at radius 2 is 1.90 bits per heavy atom. The van der Waals surface area contributed by atoms with Crippen molar-refractivity contribution in [1.29, 1.82) is 0 Å². The van der Waals surface area contributed by atoms with Crippen LogP contribution in [0.1, 0.15) is 10.4 Å². The van der Waals surface area contributed by atoms with E-state index in [0.29, 0.717) is 11.2 Å². The normalized spacial score (nSPS) is 10.8. The molecule has 7 heteroatoms. The second kappa shape index (κ2) is 5.25. The molecule has 0 aliphatic heterocycles. The fraction of sp³-hybridized carbons (Fsp3) is 0. The standard InChI is InChI=1S/C14H8BrF2N3O/c15-8-3-10(16)13(11(17)4-8)14(21)19-9-2-1-7-6-18-20-12(7)5-9/h1-6H,(H,18,20)(H,19,21). The van der Waals surface area contributed by atoms with Crippen LogP contribution < -0.4 is 5.32 Å². The number of amides is 1. The molecule has 3 aromatic rings. The Hall–Kier alpha value is -2.28. The van der Waals surface area contributed by atoms with Crippen LogP contribution in [0, 0.1) is 11.6 Å². The van der Waals surface area contributed by atoms with E-state index in [1.165, 1.54) is 0 Å². The molecule has 1 heterocycles. The second-order valence-electron chi connectivity index (χ2n) is 4.37. The van der Waals surface area contributed by atoms with Gasteiger partial charge in [0.1, 0.15) is 17.2 Å². The number of fused-ring (bicyclic) bond motifs is 1. The van der Waals surface area contributed by atoms with Crippen LogP contribution in [0.4, 0.5) is 14.5 Å². The molecule has 106 valence electrons. The maximum absolute atomic E-state index is 13.7. The molecule has 4 nitrogen and oxygen atoms in total. The average molecular weight is 352 g/mol. The molecule has 0 atom stereocenters. The molecular formula is C14H8BrF2N3O. The molecule has 0 saturated carbocycles. The van der Waals surface area contributed by atoms with Gasteiger partial charge in [-0.3, -0.25) is 9.89 Å². The van der Waals surface area contributed by atoms with E-state index in [1.54, 1.807) is 24.4 Å². The highest BCUT2D eigenvalue weighted by molar-refractivity contribution is 9.10. The summed E-state index contributed by atoms with van der Waals surface area (Å²) >= 11 is 2.96. The van der Waals surface area contributed by atoms with Gasteiger partial charge in [-0.05, 0) is 30.3 Å². The van der Waals surface area contributed by atoms with Crippen molar-refractivity contribution < 1.29 is 13.6 Å². The molecule has 0 fully saturated rings. The molecule has 0 bridgehead atoms. The maximum Gasteiger partial charge on any atom is 0.261 e. The molecule has 0 unspecified atom stereocenters. The lowest BCUT2D eigenvalue weighted by Gasteiger charge is -2.07. The number of aromatic nitrogens is 2. The van der Waals surface area contributed by atoms with E-state index in [9.17, 15) is 13.6 Å². The zero-order valence-corrected chi connectivity index (χ0v) is 12.0. The lowest BCUT2D eigenvalue weighted by molar-refractivity contribution is 0.101. The summed E-state index contributed by atoms with van der Waals surface area (Å²) in [5.74, 6) is -2.71. The fourth-order valence-electron chi connectivity index (χ4n) is 1.97. The summed E-state index contributed by atoms with van der Waals surface area (Å²) in [4.78, 5) is 12.0. The smallest absolute Gasteiger partial charge is 0.261 e. The summed E-state index contributed by atoms with van der Waals surface area (Å²) in [6.07, 6.45) is 1.63. The van der Waals surface area contributed by atoms with E-state index in [4.69, 9.17) is 0 Å². The lowest BCUT2D eigenvalue weighted by atomic mass is 10.1. The summed E-state index contributed by atoms with van der Waals surface area (Å²) in [5, 5.41) is 9.93. The Balaban J connectivity index is 1.92. The van der Waals surface area contributed by atoms with E-state index in [2.05, 4.69) is 31.4 Å². The molecule has 21 heavy (non-hydrogen) atoms. The Morgan fingerprint density at radius 3 is 2.62 bits per heavy atom. The van der Waals surface area contributed by atoms with Crippen LogP contribution in [0.5, 0.6) is 0 Å². The van der Waals surface area contributed by atoms with Crippen LogP contribution in [0.15, 0.2) is 41.0 Å². The predicted molar refractivity (Wildman–Crippen MR) is 78.1 cm³/mol. The minimum atomic E-state index is -0.929. The van der Waals surface area contributed by atoms with Crippen LogP contribution in [-0.4, -0.2) is 16.1 Å². The molecule has 1 aromatic heterocycles. The van der Waals surface area contributed by atoms with Gasteiger partial charge in [0.15, 0.2) is 0 Å². The first-order valence-corrected chi connectivity index (χ1v) is 6.73. The second-order valence-corrected chi connectivity index (χ2v) is 5.29. The van der Waals surface area contributed by atoms with Gasteiger partial charge >= 0.3 is 0 Å². The monoisotopic (exact) mass is 351 g/mol. The van der Waals surface area contributed by atoms with Crippen molar-refractivity contribution in [3.8, 4) is 0 Å². The minimum Gasteiger partial charge on any atom is -0.322 e. The highest BCUT2D eigenvalue weighted by Gasteiger charge is 2.18. The van der Waals surface area contributed by atoms with E-state index in [0.717, 1.165) is 17.5 Å². The van der Waals surface area contributed by atoms with Gasteiger partial charge in [-0.1, -0.05) is 15.9 Å². The van der Waals surface area contributed by atoms with Gasteiger partial charge in [0.05, 0.1) is 11.7 Å². The third-order valence-electron chi connectivity index (χ3n) is 2.93. The van der Waals surface area contributed by atoms with E-state index >= 15 is 0 Å². The minimum absolute atomic E-state index is 0.230. The zero-order valence-electron chi connectivity index (χ0n) is 10.5. The third-order valence-corrected chi connectivity index (χ3v) is 3.39. The molecule has 0 aliphatic rings. The topological polar surface area (TPSA) is 57.8 Å². The Labute approximate surface area is 126 Å². The first kappa shape index (κ1) is 13.7. The predicted octanol–water partition coefficient (Wildman–Crippen LogP) is 3.86. The van der Waals surface area contributed by atoms with Crippen molar-refractivity contribution >= 4 is 38.4 Å². The molecular weight excluding hydrogens is 344 g/mol. The summed E-state index contributed by atoms with van der Waals surface area (Å²) in [6.45, 7) is 0. The van der Waals surface area contributed by atoms with E-state index in [1.807, 2.05) is 0 Å². The molecule has 1 amide bonds. The number of carbonyl (C=O) groups is 1. The number of nitrogens with zero attached hydrogens (tertiary/aromatic N) is 1. The maximum atomic E-state index is 13.7. The first-order valence-electron chi connectivity index (χ1n) is 5.93. The number of halogens is 3. The Morgan fingerprint density at radius 1 is 1.19 bits per heavy atom. The number of carbonyl (C=O) groups excluding carboxylic acids is 1. The third kappa shape index (κ3) is 2.64. The van der Waals surface area contributed by atoms with Gasteiger partial charge in [0.25, 0.3) is 5.91 Å². The molecule has 2 aromatic carbocycles. The van der Waals surface area contributed by atoms with Crippen molar-refractivity contribution in [3.63, 3.8) is 0 Å². The number of H-pyrrole nitrogens is 1. The molecule has 3 rings (SSSR count). The SMILES string of the molecule is O=C(Nc1ccc2cn[nH]c2c1)c1c(F)cc(Br)cc1F. The summed E-state index contributed by atoms with van der Waals surface area (Å²) in [6, 6.07) is 7.08. The number of anilines is 1. The zero-order chi connectivity index (χ0) is 15.0. The van der Waals surface area contributed by atoms with Crippen molar-refractivity contribution in [1.82, 2.24) is 10.2 Å². The van der Waals surface area contributed by atoms with Crippen molar-refractivity contribution in [3.05, 3.63) is 58.2 Å². The largest absolute Gasteiger partial charge is 0.322 e. The van der Waals surface area contributed by atoms with Gasteiger partial charge in [-0.15, -0.1) is 0 Å². The van der Waals surface area contributed by atoms with E-state index < -0.39 is 23.1 Å². The number of nitrogens with one attached hydrogen (secondary N) is 2. The van der Waals surface area contributed by atoms with Gasteiger partial charge in [-0.25, -0.2) is 8.78 Å². The van der Waals surface area contributed by atoms with Gasteiger partial charge in [0.2, 0.25) is 0 Å². The van der Waals surface area contributed by atoms with Crippen LogP contribution in [0.25, 0.3) is 10.9 Å². The number of rotatable bonds is 2. The number of hydrogen-bond donors (Lipinski definition) is 2. The number of benzene rings is 2. The van der Waals surface area contributed by atoms with Crippen LogP contribution >= 0.6 is 15.9 Å². The molecule has 0 aliphatic carbocycles. The number of aromatic amines is 1. The summed E-state index contributed by atoms with van der Waals surface area (Å²) < 4.78 is 27.7. The summed E-state index contributed by atoms with van der Waals surface area (Å²) in [7, 11) is 0. The van der Waals surface area contributed by atoms with Crippen molar-refractivity contribution in [2.45, 2.75) is 0 Å². The highest BCUT2D eigenvalue weighted by Crippen LogP contribution is 2.22. The fourth-order valence-corrected chi connectivity index (χ4v) is 2.37. The highest BCUT2D eigenvalue weighted by atomic mass is 79.9. The molecule has 0 radical (unpaired) electrons. The average Bonchev–Trinajstić information content (AvgIpc) is 2.84. The van der Waals surface area contributed by atoms with Crippen LogP contribution in [-0.2, 0) is 0 Å². The quantitative estimate of drug-likeness (QED) is 0.736. The molecule has 0 saturated heterocycles. The van der Waals surface area contributed by atoms with Crippen LogP contribution in [0.3, 0.4) is 0 Å². The summed E-state index contributed by atoms with van der Waals surface area (Å²) in [5.41, 5.74) is 0.505. The van der Waals surface area contributed by atoms with Crippen LogP contribution in [0.2, 0.25) is 0 Å². The van der Waals surface area contributed by atoms with E-state index in [-0.39, 0.29) is 4.47 Å². The Bertz CT molecular complexity index is 824. The molecule has 0 spiro atoms. The Kier molecular flexibility index (Phi) is 3.42. The van der Waals surface area contributed by atoms with Gasteiger partial charge < -0.3 is 5.32 Å². The first-order chi connectivity index (χ1) is 10.0. The molecule has 2 N–H and O–H groups in total.